The Morgan fingerprint density at radius 2 is 1.50 bits per heavy atom. The Labute approximate surface area is 63.7 Å². The lowest BCUT2D eigenvalue weighted by molar-refractivity contribution is 0.823. The van der Waals surface area contributed by atoms with Crippen LogP contribution in [0.3, 0.4) is 0 Å². The van der Waals surface area contributed by atoms with Gasteiger partial charge in [-0.1, -0.05) is 35.8 Å². The van der Waals surface area contributed by atoms with Crippen LogP contribution >= 0.6 is 9.12 Å². The summed E-state index contributed by atoms with van der Waals surface area (Å²) < 4.78 is 0. The smallest absolute Gasteiger partial charge is 0.180 e. The summed E-state index contributed by atoms with van der Waals surface area (Å²) in [5.74, 6) is 0. The van der Waals surface area contributed by atoms with E-state index in [0.29, 0.717) is 0 Å². The zero-order chi connectivity index (χ0) is 5.82. The van der Waals surface area contributed by atoms with Crippen LogP contribution in [0, 0.1) is 0 Å². The van der Waals surface area contributed by atoms with Crippen molar-refractivity contribution in [3.8, 4) is 0 Å². The predicted molar refractivity (Wildman–Crippen MR) is 50.2 cm³/mol. The van der Waals surface area contributed by atoms with Gasteiger partial charge < -0.3 is 11.0 Å². The van der Waals surface area contributed by atoms with Gasteiger partial charge in [0.1, 0.15) is 0 Å². The van der Waals surface area contributed by atoms with E-state index in [0.717, 1.165) is 7.00 Å². The van der Waals surface area contributed by atoms with Crippen molar-refractivity contribution < 1.29 is 11.0 Å². The lowest BCUT2D eigenvalue weighted by Crippen LogP contribution is -2.05. The van der Waals surface area contributed by atoms with E-state index in [2.05, 4.69) is 33.4 Å². The normalized spacial score (nSPS) is 6.90. The maximum atomic E-state index is 2.69. The monoisotopic (exact) mass is 158 g/mol. The zero-order valence-corrected chi connectivity index (χ0v) is 6.83. The number of hydrogen-bond acceptors (Lipinski definition) is 0. The molecule has 0 aliphatic carbocycles. The fourth-order valence-corrected chi connectivity index (χ4v) is 0.886. The summed E-state index contributed by atoms with van der Waals surface area (Å²) in [4.78, 5) is 0. The molecule has 0 fully saturated rings. The van der Waals surface area contributed by atoms with Crippen LogP contribution in [-0.2, 0) is 0 Å². The minimum atomic E-state index is 0. The van der Waals surface area contributed by atoms with Crippen molar-refractivity contribution in [1.82, 2.24) is 0 Å². The fraction of sp³-hybridized carbons (Fsp3) is 0. The predicted octanol–water partition coefficient (Wildman–Crippen LogP) is -1.11. The van der Waals surface area contributed by atoms with Crippen LogP contribution in [0.2, 0.25) is 0 Å². The molecule has 56 valence electrons. The molecule has 0 spiro atoms. The molecule has 1 rings (SSSR count). The van der Waals surface area contributed by atoms with Crippen molar-refractivity contribution in [3.05, 3.63) is 30.3 Å². The molecule has 0 saturated carbocycles. The third kappa shape index (κ3) is 3.62. The molecule has 2 nitrogen and oxygen atoms in total. The van der Waals surface area contributed by atoms with Gasteiger partial charge in [0.15, 0.2) is 7.00 Å². The first-order valence-corrected chi connectivity index (χ1v) is 3.49. The van der Waals surface area contributed by atoms with Crippen molar-refractivity contribution in [1.29, 1.82) is 0 Å². The van der Waals surface area contributed by atoms with Crippen LogP contribution in [0.5, 0.6) is 0 Å². The Morgan fingerprint density at radius 1 is 1.00 bits per heavy atom. The van der Waals surface area contributed by atoms with Gasteiger partial charge >= 0.3 is 0 Å². The highest BCUT2D eigenvalue weighted by Crippen LogP contribution is 1.83. The van der Waals surface area contributed by atoms with Crippen LogP contribution in [0.1, 0.15) is 0 Å². The topological polar surface area (TPSA) is 63.0 Å². The summed E-state index contributed by atoms with van der Waals surface area (Å²) in [6.45, 7) is 1.06. The molecular weight excluding hydrogens is 146 g/mol. The van der Waals surface area contributed by atoms with Crippen molar-refractivity contribution in [2.75, 3.05) is 0 Å². The van der Waals surface area contributed by atoms with Gasteiger partial charge in [-0.15, -0.1) is 0 Å². The van der Waals surface area contributed by atoms with E-state index in [1.54, 1.807) is 0 Å². The SMILES string of the molecule is O.O.PBc1ccccc1. The van der Waals surface area contributed by atoms with Gasteiger partial charge in [0.2, 0.25) is 0 Å². The molecule has 4 N–H and O–H groups in total. The van der Waals surface area contributed by atoms with Crippen molar-refractivity contribution in [2.45, 2.75) is 0 Å². The second-order valence-electron chi connectivity index (χ2n) is 1.69. The second kappa shape index (κ2) is 6.75. The Hall–Kier alpha value is -0.365. The molecule has 0 aromatic heterocycles. The molecule has 0 heterocycles. The van der Waals surface area contributed by atoms with E-state index in [-0.39, 0.29) is 11.0 Å². The standard InChI is InChI=1S/C6H8BP.2H2O/c8-7-6-4-2-1-3-5-6;;/h1-5,7H,8H2;2*1H2. The Kier molecular flexibility index (Phi) is 8.32. The van der Waals surface area contributed by atoms with Crippen LogP contribution < -0.4 is 5.46 Å². The fourth-order valence-electron chi connectivity index (χ4n) is 0.614. The third-order valence-electron chi connectivity index (χ3n) is 1.08. The number of hydrogen-bond donors (Lipinski definition) is 0. The summed E-state index contributed by atoms with van der Waals surface area (Å²) >= 11 is 0. The largest absolute Gasteiger partial charge is 0.412 e. The van der Waals surface area contributed by atoms with Crippen molar-refractivity contribution in [3.63, 3.8) is 0 Å². The van der Waals surface area contributed by atoms with Gasteiger partial charge in [-0.05, 0) is 0 Å². The first-order chi connectivity index (χ1) is 3.93. The first kappa shape index (κ1) is 12.3. The highest BCUT2D eigenvalue weighted by molar-refractivity contribution is 7.58. The number of benzene rings is 1. The molecular formula is C6H12BO2P. The molecule has 0 radical (unpaired) electrons. The summed E-state index contributed by atoms with van der Waals surface area (Å²) in [6.07, 6.45) is 0. The van der Waals surface area contributed by atoms with E-state index in [9.17, 15) is 0 Å². The third-order valence-corrected chi connectivity index (χ3v) is 1.55. The van der Waals surface area contributed by atoms with Crippen LogP contribution in [-0.4, -0.2) is 18.0 Å². The summed E-state index contributed by atoms with van der Waals surface area (Å²) in [5, 5.41) is 0. The van der Waals surface area contributed by atoms with Crippen molar-refractivity contribution in [2.24, 2.45) is 0 Å². The Balaban J connectivity index is 0. The molecule has 1 atom stereocenters. The van der Waals surface area contributed by atoms with E-state index >= 15 is 0 Å². The summed E-state index contributed by atoms with van der Waals surface area (Å²) in [5.41, 5.74) is 1.37. The van der Waals surface area contributed by atoms with Gasteiger partial charge in [0.25, 0.3) is 0 Å². The Morgan fingerprint density at radius 3 is 1.80 bits per heavy atom. The lowest BCUT2D eigenvalue weighted by atomic mass is 9.95. The van der Waals surface area contributed by atoms with Gasteiger partial charge in [-0.25, -0.2) is 0 Å². The molecule has 0 amide bonds. The average molecular weight is 158 g/mol. The molecule has 10 heavy (non-hydrogen) atoms. The molecule has 0 saturated heterocycles. The van der Waals surface area contributed by atoms with E-state index in [4.69, 9.17) is 0 Å². The molecule has 4 heteroatoms. The summed E-state index contributed by atoms with van der Waals surface area (Å²) in [6, 6.07) is 10.4. The summed E-state index contributed by atoms with van der Waals surface area (Å²) in [7, 11) is 2.69. The van der Waals surface area contributed by atoms with E-state index < -0.39 is 0 Å². The van der Waals surface area contributed by atoms with Crippen LogP contribution in [0.15, 0.2) is 30.3 Å². The molecule has 0 aliphatic rings. The molecule has 1 aromatic carbocycles. The molecule has 0 bridgehead atoms. The molecule has 1 aromatic rings. The van der Waals surface area contributed by atoms with E-state index in [1.807, 2.05) is 6.07 Å². The maximum absolute atomic E-state index is 2.69. The quantitative estimate of drug-likeness (QED) is 0.367. The van der Waals surface area contributed by atoms with E-state index in [1.165, 1.54) is 5.46 Å². The van der Waals surface area contributed by atoms with Gasteiger partial charge in [-0.2, -0.15) is 9.12 Å². The zero-order valence-electron chi connectivity index (χ0n) is 5.67. The Bertz CT molecular complexity index is 157. The number of rotatable bonds is 1. The maximum Gasteiger partial charge on any atom is 0.180 e. The minimum absolute atomic E-state index is 0. The molecule has 0 aliphatic heterocycles. The van der Waals surface area contributed by atoms with Gasteiger partial charge in [0.05, 0.1) is 0 Å². The van der Waals surface area contributed by atoms with Crippen molar-refractivity contribution >= 4 is 21.6 Å². The van der Waals surface area contributed by atoms with Gasteiger partial charge in [0, 0.05) is 0 Å². The lowest BCUT2D eigenvalue weighted by Gasteiger charge is -1.88. The average Bonchev–Trinajstić information content (AvgIpc) is 1.90. The molecule has 1 unspecified atom stereocenters. The van der Waals surface area contributed by atoms with Crippen LogP contribution in [0.25, 0.3) is 0 Å². The van der Waals surface area contributed by atoms with Gasteiger partial charge in [-0.3, -0.25) is 0 Å². The van der Waals surface area contributed by atoms with Crippen LogP contribution in [0.4, 0.5) is 0 Å². The first-order valence-electron chi connectivity index (χ1n) is 2.67. The minimum Gasteiger partial charge on any atom is -0.412 e. The highest BCUT2D eigenvalue weighted by Gasteiger charge is 1.82. The highest BCUT2D eigenvalue weighted by atomic mass is 31.0. The second-order valence-corrected chi connectivity index (χ2v) is 2.10.